The van der Waals surface area contributed by atoms with Gasteiger partial charge in [0.2, 0.25) is 0 Å². The lowest BCUT2D eigenvalue weighted by atomic mass is 9.84. The molecule has 0 saturated carbocycles. The molecule has 1 aliphatic carbocycles. The van der Waals surface area contributed by atoms with E-state index in [0.717, 1.165) is 24.9 Å². The Labute approximate surface area is 106 Å². The number of halogens is 1. The topological polar surface area (TPSA) is 32.7 Å². The van der Waals surface area contributed by atoms with Gasteiger partial charge in [-0.1, -0.05) is 6.07 Å². The van der Waals surface area contributed by atoms with Crippen molar-refractivity contribution < 1.29 is 14.2 Å². The first kappa shape index (κ1) is 11.9. The van der Waals surface area contributed by atoms with Crippen molar-refractivity contribution in [2.75, 3.05) is 26.4 Å². The number of phenols is 1. The van der Waals surface area contributed by atoms with E-state index in [1.165, 1.54) is 5.56 Å². The number of morpholine rings is 1. The van der Waals surface area contributed by atoms with Crippen molar-refractivity contribution in [3.05, 3.63) is 29.3 Å². The van der Waals surface area contributed by atoms with E-state index in [4.69, 9.17) is 4.74 Å². The summed E-state index contributed by atoms with van der Waals surface area (Å²) in [6.45, 7) is 1.62. The number of fused-ring (bicyclic) bond motifs is 3. The first-order valence-electron chi connectivity index (χ1n) is 6.53. The molecule has 0 radical (unpaired) electrons. The van der Waals surface area contributed by atoms with E-state index in [0.29, 0.717) is 13.2 Å². The van der Waals surface area contributed by atoms with Gasteiger partial charge in [-0.05, 0) is 36.1 Å². The maximum absolute atomic E-state index is 12.6. The highest BCUT2D eigenvalue weighted by Crippen LogP contribution is 2.39. The molecule has 18 heavy (non-hydrogen) atoms. The molecule has 1 aromatic rings. The summed E-state index contributed by atoms with van der Waals surface area (Å²) in [5.41, 5.74) is 2.32. The Balaban J connectivity index is 1.91. The van der Waals surface area contributed by atoms with E-state index in [9.17, 15) is 9.50 Å². The van der Waals surface area contributed by atoms with Gasteiger partial charge in [-0.3, -0.25) is 4.90 Å². The van der Waals surface area contributed by atoms with Crippen LogP contribution >= 0.6 is 0 Å². The minimum absolute atomic E-state index is 0.0128. The van der Waals surface area contributed by atoms with E-state index < -0.39 is 0 Å². The zero-order valence-corrected chi connectivity index (χ0v) is 10.3. The Kier molecular flexibility index (Phi) is 3.22. The first-order valence-corrected chi connectivity index (χ1v) is 6.53. The summed E-state index contributed by atoms with van der Waals surface area (Å²) in [6.07, 6.45) is 1.96. The number of alkyl halides is 1. The lowest BCUT2D eigenvalue weighted by molar-refractivity contribution is -0.0814. The fourth-order valence-electron chi connectivity index (χ4n) is 3.16. The predicted octanol–water partition coefficient (Wildman–Crippen LogP) is 2.05. The summed E-state index contributed by atoms with van der Waals surface area (Å²) in [5, 5.41) is 9.62. The van der Waals surface area contributed by atoms with E-state index in [2.05, 4.69) is 4.90 Å². The standard InChI is InChI=1S/C14H18FNO2/c15-5-6-16-7-8-18-14-12-9-11(17)3-1-10(12)2-4-13(14)16/h1,3,9,13-14,17H,2,4-8H2/t13-,14-/m1/s1/i15-1. The number of aromatic hydroxyl groups is 1. The summed E-state index contributed by atoms with van der Waals surface area (Å²) in [6, 6.07) is 5.74. The summed E-state index contributed by atoms with van der Waals surface area (Å²) >= 11 is 0. The summed E-state index contributed by atoms with van der Waals surface area (Å²) in [5.74, 6) is 0.278. The van der Waals surface area contributed by atoms with Crippen LogP contribution in [-0.2, 0) is 11.2 Å². The third-order valence-electron chi connectivity index (χ3n) is 4.01. The molecule has 1 aromatic carbocycles. The quantitative estimate of drug-likeness (QED) is 0.872. The van der Waals surface area contributed by atoms with Crippen molar-refractivity contribution in [3.63, 3.8) is 0 Å². The monoisotopic (exact) mass is 250 g/mol. The number of hydrogen-bond acceptors (Lipinski definition) is 3. The maximum Gasteiger partial charge on any atom is 0.115 e. The highest BCUT2D eigenvalue weighted by atomic mass is 18.2. The van der Waals surface area contributed by atoms with Crippen molar-refractivity contribution in [1.29, 1.82) is 0 Å². The van der Waals surface area contributed by atoms with Crippen molar-refractivity contribution in [1.82, 2.24) is 4.90 Å². The van der Waals surface area contributed by atoms with Crippen LogP contribution in [-0.4, -0.2) is 42.4 Å². The molecule has 2 atom stereocenters. The highest BCUT2D eigenvalue weighted by molar-refractivity contribution is 5.39. The lowest BCUT2D eigenvalue weighted by Gasteiger charge is -2.44. The van der Waals surface area contributed by atoms with Gasteiger partial charge in [0, 0.05) is 19.1 Å². The molecule has 1 fully saturated rings. The molecular weight excluding hydrogens is 232 g/mol. The van der Waals surface area contributed by atoms with Crippen LogP contribution in [0.2, 0.25) is 0 Å². The Morgan fingerprint density at radius 1 is 1.44 bits per heavy atom. The number of phenolic OH excluding ortho intramolecular Hbond substituents is 1. The second-order valence-corrected chi connectivity index (χ2v) is 5.01. The van der Waals surface area contributed by atoms with E-state index in [1.807, 2.05) is 6.07 Å². The van der Waals surface area contributed by atoms with Crippen LogP contribution in [0, 0.1) is 0 Å². The van der Waals surface area contributed by atoms with Crippen LogP contribution in [0.5, 0.6) is 5.75 Å². The normalized spacial score (nSPS) is 27.6. The van der Waals surface area contributed by atoms with Gasteiger partial charge in [-0.15, -0.1) is 0 Å². The molecule has 3 nitrogen and oxygen atoms in total. The fourth-order valence-corrected chi connectivity index (χ4v) is 3.16. The molecule has 0 amide bonds. The molecule has 4 heteroatoms. The number of rotatable bonds is 2. The first-order chi connectivity index (χ1) is 8.79. The molecule has 1 saturated heterocycles. The van der Waals surface area contributed by atoms with Crippen LogP contribution in [0.4, 0.5) is 4.39 Å². The van der Waals surface area contributed by atoms with Gasteiger partial charge in [0.15, 0.2) is 0 Å². The summed E-state index contributed by atoms with van der Waals surface area (Å²) < 4.78 is 18.4. The van der Waals surface area contributed by atoms with Gasteiger partial charge in [0.1, 0.15) is 12.4 Å². The Morgan fingerprint density at radius 3 is 3.17 bits per heavy atom. The van der Waals surface area contributed by atoms with Crippen LogP contribution in [0.1, 0.15) is 23.7 Å². The highest BCUT2D eigenvalue weighted by Gasteiger charge is 2.37. The summed E-state index contributed by atoms with van der Waals surface area (Å²) in [7, 11) is 0. The second-order valence-electron chi connectivity index (χ2n) is 5.01. The van der Waals surface area contributed by atoms with Gasteiger partial charge in [-0.2, -0.15) is 0 Å². The van der Waals surface area contributed by atoms with Gasteiger partial charge in [0.05, 0.1) is 12.7 Å². The molecule has 1 aliphatic heterocycles. The van der Waals surface area contributed by atoms with Crippen molar-refractivity contribution >= 4 is 0 Å². The van der Waals surface area contributed by atoms with Crippen LogP contribution in [0.3, 0.4) is 0 Å². The second kappa shape index (κ2) is 4.86. The van der Waals surface area contributed by atoms with Gasteiger partial charge < -0.3 is 9.84 Å². The van der Waals surface area contributed by atoms with E-state index in [1.54, 1.807) is 12.1 Å². The number of benzene rings is 1. The molecule has 0 spiro atoms. The zero-order chi connectivity index (χ0) is 12.5. The molecule has 1 N–H and O–H groups in total. The molecule has 0 aromatic heterocycles. The molecule has 3 rings (SSSR count). The molecule has 0 bridgehead atoms. The smallest absolute Gasteiger partial charge is 0.115 e. The maximum atomic E-state index is 12.6. The molecule has 98 valence electrons. The zero-order valence-electron chi connectivity index (χ0n) is 10.3. The third kappa shape index (κ3) is 1.99. The van der Waals surface area contributed by atoms with Gasteiger partial charge >= 0.3 is 0 Å². The SMILES string of the molecule is Oc1ccc2c(c1)[C@H]1OCCN(CC[18F])[C@@H]1CC2. The largest absolute Gasteiger partial charge is 0.508 e. The minimum Gasteiger partial charge on any atom is -0.508 e. The number of ether oxygens (including phenoxy) is 1. The fraction of sp³-hybridized carbons (Fsp3) is 0.571. The average Bonchev–Trinajstić information content (AvgIpc) is 2.39. The number of nitrogens with zero attached hydrogens (tertiary/aromatic N) is 1. The molecular formula is C14H18FNO2. The van der Waals surface area contributed by atoms with Crippen LogP contribution in [0.25, 0.3) is 0 Å². The number of hydrogen-bond donors (Lipinski definition) is 1. The Morgan fingerprint density at radius 2 is 2.33 bits per heavy atom. The van der Waals surface area contributed by atoms with Crippen LogP contribution < -0.4 is 0 Å². The average molecular weight is 250 g/mol. The predicted molar refractivity (Wildman–Crippen MR) is 66.5 cm³/mol. The van der Waals surface area contributed by atoms with E-state index in [-0.39, 0.29) is 24.6 Å². The van der Waals surface area contributed by atoms with Crippen molar-refractivity contribution in [2.24, 2.45) is 0 Å². The van der Waals surface area contributed by atoms with Crippen molar-refractivity contribution in [2.45, 2.75) is 25.0 Å². The number of aryl methyl sites for hydroxylation is 1. The minimum atomic E-state index is -0.309. The van der Waals surface area contributed by atoms with E-state index >= 15 is 0 Å². The molecule has 0 unspecified atom stereocenters. The van der Waals surface area contributed by atoms with Crippen LogP contribution in [0.15, 0.2) is 18.2 Å². The molecule has 1 heterocycles. The third-order valence-corrected chi connectivity index (χ3v) is 4.01. The lowest BCUT2D eigenvalue weighted by Crippen LogP contribution is -2.49. The van der Waals surface area contributed by atoms with Crippen molar-refractivity contribution in [3.8, 4) is 5.75 Å². The van der Waals surface area contributed by atoms with Gasteiger partial charge in [0.25, 0.3) is 0 Å². The molecule has 2 aliphatic rings. The Bertz CT molecular complexity index is 436. The Hall–Kier alpha value is -1.13. The summed E-state index contributed by atoms with van der Waals surface area (Å²) in [4.78, 5) is 2.18. The van der Waals surface area contributed by atoms with Gasteiger partial charge in [-0.25, -0.2) is 4.39 Å².